The zero-order chi connectivity index (χ0) is 15.4. The van der Waals surface area contributed by atoms with E-state index in [0.29, 0.717) is 11.0 Å². The van der Waals surface area contributed by atoms with Crippen molar-refractivity contribution in [3.05, 3.63) is 35.9 Å². The molecule has 5 heteroatoms. The number of aromatic nitrogens is 1. The maximum Gasteiger partial charge on any atom is 0.127 e. The van der Waals surface area contributed by atoms with Crippen LogP contribution in [0.25, 0.3) is 10.9 Å². The van der Waals surface area contributed by atoms with Crippen LogP contribution in [-0.2, 0) is 0 Å². The minimum Gasteiger partial charge on any atom is -0.389 e. The van der Waals surface area contributed by atoms with Crippen LogP contribution < -0.4 is 11.1 Å². The Morgan fingerprint density at radius 1 is 1.38 bits per heavy atom. The fraction of sp³-hybridized carbons (Fsp3) is 0.375. The number of rotatable bonds is 6. The minimum atomic E-state index is 0.334. The first-order valence-corrected chi connectivity index (χ1v) is 7.49. The molecular weight excluding hydrogens is 280 g/mol. The van der Waals surface area contributed by atoms with Crippen molar-refractivity contribution in [1.82, 2.24) is 9.88 Å². The van der Waals surface area contributed by atoms with Crippen LogP contribution in [0.15, 0.2) is 30.3 Å². The van der Waals surface area contributed by atoms with Gasteiger partial charge in [-0.2, -0.15) is 0 Å². The van der Waals surface area contributed by atoms with Gasteiger partial charge in [0.2, 0.25) is 0 Å². The van der Waals surface area contributed by atoms with E-state index in [-0.39, 0.29) is 0 Å². The van der Waals surface area contributed by atoms with Crippen LogP contribution in [0, 0.1) is 0 Å². The van der Waals surface area contributed by atoms with E-state index in [9.17, 15) is 0 Å². The molecule has 0 spiro atoms. The second-order valence-electron chi connectivity index (χ2n) is 5.57. The molecule has 21 heavy (non-hydrogen) atoms. The van der Waals surface area contributed by atoms with Gasteiger partial charge >= 0.3 is 0 Å². The van der Waals surface area contributed by atoms with Crippen LogP contribution in [0.5, 0.6) is 0 Å². The molecule has 1 atom stereocenters. The van der Waals surface area contributed by atoms with Crippen LogP contribution in [0.1, 0.15) is 18.9 Å². The summed E-state index contributed by atoms with van der Waals surface area (Å²) in [6, 6.07) is 10.2. The molecule has 1 unspecified atom stereocenters. The maximum absolute atomic E-state index is 5.85. The molecule has 2 aromatic rings. The largest absolute Gasteiger partial charge is 0.389 e. The number of para-hydroxylation sites is 1. The molecule has 0 bridgehead atoms. The van der Waals surface area contributed by atoms with Crippen molar-refractivity contribution in [1.29, 1.82) is 0 Å². The minimum absolute atomic E-state index is 0.334. The van der Waals surface area contributed by atoms with Gasteiger partial charge in [0.05, 0.1) is 5.52 Å². The number of hydrogen-bond donors (Lipinski definition) is 2. The lowest BCUT2D eigenvalue weighted by molar-refractivity contribution is 0.390. The molecule has 4 nitrogen and oxygen atoms in total. The summed E-state index contributed by atoms with van der Waals surface area (Å²) in [6.45, 7) is 3.19. The lowest BCUT2D eigenvalue weighted by Gasteiger charge is -2.18. The van der Waals surface area contributed by atoms with Crippen LogP contribution in [0.3, 0.4) is 0 Å². The lowest BCUT2D eigenvalue weighted by Crippen LogP contribution is -2.23. The van der Waals surface area contributed by atoms with E-state index in [1.54, 1.807) is 0 Å². The van der Waals surface area contributed by atoms with Gasteiger partial charge in [-0.3, -0.25) is 0 Å². The third-order valence-corrected chi connectivity index (χ3v) is 3.61. The molecule has 0 aliphatic heterocycles. The van der Waals surface area contributed by atoms with Crippen LogP contribution in [0.4, 0.5) is 5.82 Å². The highest BCUT2D eigenvalue weighted by molar-refractivity contribution is 7.80. The highest BCUT2D eigenvalue weighted by Gasteiger charge is 2.10. The molecule has 0 saturated carbocycles. The fourth-order valence-corrected chi connectivity index (χ4v) is 2.40. The number of anilines is 1. The van der Waals surface area contributed by atoms with Gasteiger partial charge in [-0.05, 0) is 46.1 Å². The zero-order valence-corrected chi connectivity index (χ0v) is 13.6. The van der Waals surface area contributed by atoms with Crippen LogP contribution in [0.2, 0.25) is 0 Å². The van der Waals surface area contributed by atoms with Crippen molar-refractivity contribution in [2.24, 2.45) is 5.73 Å². The molecule has 0 fully saturated rings. The number of nitrogens with zero attached hydrogens (tertiary/aromatic N) is 2. The van der Waals surface area contributed by atoms with E-state index in [1.165, 1.54) is 0 Å². The number of fused-ring (bicyclic) bond motifs is 1. The maximum atomic E-state index is 5.85. The summed E-state index contributed by atoms with van der Waals surface area (Å²) in [6.07, 6.45) is 1.05. The normalized spacial score (nSPS) is 12.6. The number of nitrogens with one attached hydrogen (secondary N) is 1. The molecule has 3 N–H and O–H groups in total. The third kappa shape index (κ3) is 4.12. The predicted molar refractivity (Wildman–Crippen MR) is 93.9 cm³/mol. The molecule has 2 rings (SSSR count). The lowest BCUT2D eigenvalue weighted by atomic mass is 10.1. The van der Waals surface area contributed by atoms with E-state index < -0.39 is 0 Å². The SMILES string of the molecule is CC(CCN(C)C)Nc1cc(C(N)=S)c2ccccc2n1. The van der Waals surface area contributed by atoms with E-state index in [2.05, 4.69) is 36.2 Å². The van der Waals surface area contributed by atoms with Gasteiger partial charge in [0.1, 0.15) is 10.8 Å². The topological polar surface area (TPSA) is 54.2 Å². The summed E-state index contributed by atoms with van der Waals surface area (Å²) >= 11 is 5.16. The smallest absolute Gasteiger partial charge is 0.127 e. The first-order valence-electron chi connectivity index (χ1n) is 7.08. The molecule has 0 radical (unpaired) electrons. The zero-order valence-electron chi connectivity index (χ0n) is 12.8. The summed E-state index contributed by atoms with van der Waals surface area (Å²) in [5.41, 5.74) is 7.63. The number of benzene rings is 1. The summed E-state index contributed by atoms with van der Waals surface area (Å²) in [7, 11) is 4.15. The van der Waals surface area contributed by atoms with Gasteiger partial charge in [-0.15, -0.1) is 0 Å². The molecule has 1 aromatic carbocycles. The van der Waals surface area contributed by atoms with Crippen molar-refractivity contribution in [3.63, 3.8) is 0 Å². The Labute approximate surface area is 131 Å². The Bertz CT molecular complexity index is 639. The second-order valence-corrected chi connectivity index (χ2v) is 6.01. The van der Waals surface area contributed by atoms with Gasteiger partial charge in [-0.25, -0.2) is 4.98 Å². The van der Waals surface area contributed by atoms with Crippen molar-refractivity contribution < 1.29 is 0 Å². The molecule has 0 amide bonds. The number of pyridine rings is 1. The second kappa shape index (κ2) is 6.83. The average Bonchev–Trinajstić information content (AvgIpc) is 2.44. The Hall–Kier alpha value is -1.72. The van der Waals surface area contributed by atoms with Crippen molar-refractivity contribution in [2.75, 3.05) is 26.0 Å². The molecule has 0 aliphatic rings. The molecule has 0 saturated heterocycles. The van der Waals surface area contributed by atoms with Crippen molar-refractivity contribution in [3.8, 4) is 0 Å². The van der Waals surface area contributed by atoms with Gasteiger partial charge in [0, 0.05) is 17.0 Å². The highest BCUT2D eigenvalue weighted by Crippen LogP contribution is 2.21. The Morgan fingerprint density at radius 2 is 2.10 bits per heavy atom. The third-order valence-electron chi connectivity index (χ3n) is 3.39. The van der Waals surface area contributed by atoms with Crippen molar-refractivity contribution in [2.45, 2.75) is 19.4 Å². The van der Waals surface area contributed by atoms with E-state index >= 15 is 0 Å². The highest BCUT2D eigenvalue weighted by atomic mass is 32.1. The van der Waals surface area contributed by atoms with Gasteiger partial charge in [0.15, 0.2) is 0 Å². The predicted octanol–water partition coefficient (Wildman–Crippen LogP) is 2.62. The number of hydrogen-bond acceptors (Lipinski definition) is 4. The number of nitrogens with two attached hydrogens (primary N) is 1. The van der Waals surface area contributed by atoms with Crippen LogP contribution >= 0.6 is 12.2 Å². The summed E-state index contributed by atoms with van der Waals surface area (Å²) in [5, 5.41) is 4.43. The molecule has 112 valence electrons. The molecule has 1 aromatic heterocycles. The first-order chi connectivity index (χ1) is 9.97. The first kappa shape index (κ1) is 15.7. The van der Waals surface area contributed by atoms with Gasteiger partial charge in [-0.1, -0.05) is 30.4 Å². The van der Waals surface area contributed by atoms with Crippen LogP contribution in [-0.4, -0.2) is 41.6 Å². The summed E-state index contributed by atoms with van der Waals surface area (Å²) < 4.78 is 0. The van der Waals surface area contributed by atoms with Gasteiger partial charge < -0.3 is 16.0 Å². The fourth-order valence-electron chi connectivity index (χ4n) is 2.23. The average molecular weight is 302 g/mol. The standard InChI is InChI=1S/C16H22N4S/c1-11(8-9-20(2)3)18-15-10-13(16(17)21)12-6-4-5-7-14(12)19-15/h4-7,10-11H,8-9H2,1-3H3,(H2,17,21)(H,18,19). The van der Waals surface area contributed by atoms with Gasteiger partial charge in [0.25, 0.3) is 0 Å². The van der Waals surface area contributed by atoms with Crippen molar-refractivity contribution >= 4 is 33.9 Å². The number of thiocarbonyl (C=S) groups is 1. The molecule has 0 aliphatic carbocycles. The summed E-state index contributed by atoms with van der Waals surface area (Å²) in [4.78, 5) is 7.22. The van der Waals surface area contributed by atoms with E-state index in [4.69, 9.17) is 18.0 Å². The Balaban J connectivity index is 2.26. The molecule has 1 heterocycles. The van der Waals surface area contributed by atoms with E-state index in [0.717, 1.165) is 35.2 Å². The molecular formula is C16H22N4S. The Kier molecular flexibility index (Phi) is 5.09. The quantitative estimate of drug-likeness (QED) is 0.803. The van der Waals surface area contributed by atoms with E-state index in [1.807, 2.05) is 30.3 Å². The Morgan fingerprint density at radius 3 is 2.76 bits per heavy atom. The monoisotopic (exact) mass is 302 g/mol. The summed E-state index contributed by atoms with van der Waals surface area (Å²) in [5.74, 6) is 0.822.